The molecule has 2 rings (SSSR count). The van der Waals surface area contributed by atoms with Gasteiger partial charge in [0.1, 0.15) is 12.2 Å². The quantitative estimate of drug-likeness (QED) is 0.758. The van der Waals surface area contributed by atoms with Crippen molar-refractivity contribution < 1.29 is 0 Å². The third kappa shape index (κ3) is 4.97. The molecule has 21 heavy (non-hydrogen) atoms. The van der Waals surface area contributed by atoms with Crippen LogP contribution in [0.25, 0.3) is 0 Å². The van der Waals surface area contributed by atoms with E-state index < -0.39 is 0 Å². The minimum atomic E-state index is 0.544. The maximum absolute atomic E-state index is 4.36. The Morgan fingerprint density at radius 2 is 1.95 bits per heavy atom. The summed E-state index contributed by atoms with van der Waals surface area (Å²) in [5, 5.41) is 7.71. The number of aryl methyl sites for hydroxylation is 2. The fourth-order valence-corrected chi connectivity index (χ4v) is 2.52. The van der Waals surface area contributed by atoms with E-state index in [-0.39, 0.29) is 0 Å². The van der Waals surface area contributed by atoms with Gasteiger partial charge in [-0.15, -0.1) is 0 Å². The molecule has 1 aromatic carbocycles. The smallest absolute Gasteiger partial charge is 0.138 e. The van der Waals surface area contributed by atoms with Gasteiger partial charge in [0.2, 0.25) is 0 Å². The first-order valence-electron chi connectivity index (χ1n) is 7.78. The van der Waals surface area contributed by atoms with Gasteiger partial charge in [-0.25, -0.2) is 4.98 Å². The van der Waals surface area contributed by atoms with Crippen LogP contribution in [0.2, 0.25) is 0 Å². The highest BCUT2D eigenvalue weighted by atomic mass is 15.3. The van der Waals surface area contributed by atoms with Gasteiger partial charge in [0.05, 0.1) is 0 Å². The van der Waals surface area contributed by atoms with Crippen LogP contribution >= 0.6 is 0 Å². The van der Waals surface area contributed by atoms with Crippen LogP contribution < -0.4 is 5.32 Å². The van der Waals surface area contributed by atoms with E-state index in [1.807, 2.05) is 11.7 Å². The molecule has 0 radical (unpaired) electrons. The van der Waals surface area contributed by atoms with Crippen LogP contribution in [0.5, 0.6) is 0 Å². The van der Waals surface area contributed by atoms with Crippen LogP contribution in [0.4, 0.5) is 0 Å². The van der Waals surface area contributed by atoms with Gasteiger partial charge < -0.3 is 5.32 Å². The second kappa shape index (κ2) is 7.93. The molecular formula is C17H26N4. The van der Waals surface area contributed by atoms with Gasteiger partial charge in [0, 0.05) is 13.5 Å². The first-order valence-corrected chi connectivity index (χ1v) is 7.78. The van der Waals surface area contributed by atoms with Gasteiger partial charge >= 0.3 is 0 Å². The Hall–Kier alpha value is -1.68. The van der Waals surface area contributed by atoms with Gasteiger partial charge in [0.25, 0.3) is 0 Å². The predicted octanol–water partition coefficient (Wildman–Crippen LogP) is 2.52. The lowest BCUT2D eigenvalue weighted by molar-refractivity contribution is 0.453. The van der Waals surface area contributed by atoms with Crippen molar-refractivity contribution in [2.24, 2.45) is 13.0 Å². The first-order chi connectivity index (χ1) is 10.2. The molecule has 0 spiro atoms. The second-order valence-corrected chi connectivity index (χ2v) is 5.76. The van der Waals surface area contributed by atoms with Crippen molar-refractivity contribution in [3.05, 3.63) is 47.5 Å². The molecule has 0 aliphatic rings. The fourth-order valence-electron chi connectivity index (χ4n) is 2.52. The summed E-state index contributed by atoms with van der Waals surface area (Å²) in [6.45, 7) is 6.42. The molecule has 0 bridgehead atoms. The third-order valence-corrected chi connectivity index (χ3v) is 3.78. The molecular weight excluding hydrogens is 260 g/mol. The van der Waals surface area contributed by atoms with Gasteiger partial charge in [-0.2, -0.15) is 5.10 Å². The lowest BCUT2D eigenvalue weighted by atomic mass is 9.95. The zero-order chi connectivity index (χ0) is 15.1. The molecule has 4 nitrogen and oxygen atoms in total. The molecule has 0 aliphatic heterocycles. The summed E-state index contributed by atoms with van der Waals surface area (Å²) in [6, 6.07) is 8.85. The van der Waals surface area contributed by atoms with E-state index in [0.29, 0.717) is 5.92 Å². The fraction of sp³-hybridized carbons (Fsp3) is 0.529. The van der Waals surface area contributed by atoms with E-state index in [0.717, 1.165) is 31.8 Å². The highest BCUT2D eigenvalue weighted by Gasteiger charge is 2.13. The van der Waals surface area contributed by atoms with Crippen molar-refractivity contribution in [2.45, 2.75) is 33.1 Å². The number of hydrogen-bond acceptors (Lipinski definition) is 3. The Kier molecular flexibility index (Phi) is 5.93. The molecule has 1 heterocycles. The van der Waals surface area contributed by atoms with Gasteiger partial charge in [-0.05, 0) is 44.3 Å². The number of rotatable bonds is 8. The van der Waals surface area contributed by atoms with Gasteiger partial charge in [-0.3, -0.25) is 4.68 Å². The maximum Gasteiger partial charge on any atom is 0.138 e. The predicted molar refractivity (Wildman–Crippen MR) is 86.2 cm³/mol. The SMILES string of the molecule is CCCNCC(Cc1ccc(C)cc1)Cc1ncnn1C. The summed E-state index contributed by atoms with van der Waals surface area (Å²) in [7, 11) is 1.96. The van der Waals surface area contributed by atoms with Crippen molar-refractivity contribution in [1.29, 1.82) is 0 Å². The van der Waals surface area contributed by atoms with Crippen LogP contribution in [0.3, 0.4) is 0 Å². The molecule has 0 saturated carbocycles. The van der Waals surface area contributed by atoms with E-state index in [1.165, 1.54) is 17.5 Å². The van der Waals surface area contributed by atoms with Crippen molar-refractivity contribution in [3.63, 3.8) is 0 Å². The van der Waals surface area contributed by atoms with E-state index in [4.69, 9.17) is 0 Å². The standard InChI is InChI=1S/C17H26N4/c1-4-9-18-12-16(11-17-19-13-20-21(17)3)10-15-7-5-14(2)6-8-15/h5-8,13,16,18H,4,9-12H2,1-3H3. The molecule has 1 aromatic heterocycles. The summed E-state index contributed by atoms with van der Waals surface area (Å²) in [4.78, 5) is 4.36. The van der Waals surface area contributed by atoms with Gasteiger partial charge in [0.15, 0.2) is 0 Å². The van der Waals surface area contributed by atoms with E-state index >= 15 is 0 Å². The van der Waals surface area contributed by atoms with Crippen molar-refractivity contribution in [3.8, 4) is 0 Å². The van der Waals surface area contributed by atoms with Crippen LogP contribution in [0.15, 0.2) is 30.6 Å². The highest BCUT2D eigenvalue weighted by molar-refractivity contribution is 5.21. The topological polar surface area (TPSA) is 42.7 Å². The average molecular weight is 286 g/mol. The summed E-state index contributed by atoms with van der Waals surface area (Å²) in [5.74, 6) is 1.60. The van der Waals surface area contributed by atoms with E-state index in [1.54, 1.807) is 6.33 Å². The van der Waals surface area contributed by atoms with Gasteiger partial charge in [-0.1, -0.05) is 36.8 Å². The summed E-state index contributed by atoms with van der Waals surface area (Å²) in [5.41, 5.74) is 2.71. The molecule has 114 valence electrons. The molecule has 0 aliphatic carbocycles. The van der Waals surface area contributed by atoms with Crippen molar-refractivity contribution in [2.75, 3.05) is 13.1 Å². The lowest BCUT2D eigenvalue weighted by Gasteiger charge is -2.17. The van der Waals surface area contributed by atoms with Crippen LogP contribution in [-0.4, -0.2) is 27.9 Å². The summed E-state index contributed by atoms with van der Waals surface area (Å²) < 4.78 is 1.88. The number of benzene rings is 1. The zero-order valence-electron chi connectivity index (χ0n) is 13.3. The first kappa shape index (κ1) is 15.7. The Morgan fingerprint density at radius 1 is 1.19 bits per heavy atom. The highest BCUT2D eigenvalue weighted by Crippen LogP contribution is 2.14. The molecule has 1 N–H and O–H groups in total. The minimum absolute atomic E-state index is 0.544. The molecule has 0 amide bonds. The molecule has 0 saturated heterocycles. The van der Waals surface area contributed by atoms with Crippen molar-refractivity contribution in [1.82, 2.24) is 20.1 Å². The number of nitrogens with one attached hydrogen (secondary N) is 1. The average Bonchev–Trinajstić information content (AvgIpc) is 2.87. The second-order valence-electron chi connectivity index (χ2n) is 5.76. The van der Waals surface area contributed by atoms with Crippen molar-refractivity contribution >= 4 is 0 Å². The number of hydrogen-bond donors (Lipinski definition) is 1. The molecule has 0 fully saturated rings. The maximum atomic E-state index is 4.36. The Bertz CT molecular complexity index is 530. The third-order valence-electron chi connectivity index (χ3n) is 3.78. The summed E-state index contributed by atoms with van der Waals surface area (Å²) in [6.07, 6.45) is 4.84. The lowest BCUT2D eigenvalue weighted by Crippen LogP contribution is -2.27. The molecule has 2 aromatic rings. The zero-order valence-corrected chi connectivity index (χ0v) is 13.3. The van der Waals surface area contributed by atoms with E-state index in [9.17, 15) is 0 Å². The van der Waals surface area contributed by atoms with Crippen LogP contribution in [0, 0.1) is 12.8 Å². The van der Waals surface area contributed by atoms with Crippen LogP contribution in [-0.2, 0) is 19.9 Å². The largest absolute Gasteiger partial charge is 0.316 e. The minimum Gasteiger partial charge on any atom is -0.316 e. The van der Waals surface area contributed by atoms with Crippen LogP contribution in [0.1, 0.15) is 30.3 Å². The number of nitrogens with zero attached hydrogens (tertiary/aromatic N) is 3. The Balaban J connectivity index is 2.00. The summed E-state index contributed by atoms with van der Waals surface area (Å²) >= 11 is 0. The normalized spacial score (nSPS) is 12.5. The Morgan fingerprint density at radius 3 is 2.57 bits per heavy atom. The molecule has 4 heteroatoms. The van der Waals surface area contributed by atoms with E-state index in [2.05, 4.69) is 53.5 Å². The molecule has 1 atom stereocenters. The Labute approximate surface area is 127 Å². The monoisotopic (exact) mass is 286 g/mol. The number of aromatic nitrogens is 3. The molecule has 1 unspecified atom stereocenters.